The number of hydrogen-bond donors (Lipinski definition) is 3. The average Bonchev–Trinajstić information content (AvgIpc) is 3.13. The fraction of sp³-hybridized carbons (Fsp3) is 0.0714. The fourth-order valence-corrected chi connectivity index (χ4v) is 4.31. The largest absolute Gasteiger partial charge is 0.512 e. The first-order valence-corrected chi connectivity index (χ1v) is 15.5. The van der Waals surface area contributed by atoms with Crippen LogP contribution < -0.4 is 0 Å². The summed E-state index contributed by atoms with van der Waals surface area (Å²) in [6.07, 6.45) is 7.22. The maximum Gasteiger partial charge on any atom is 0.189 e. The maximum absolute atomic E-state index is 11.2. The minimum atomic E-state index is -0.171. The predicted molar refractivity (Wildman–Crippen MR) is 199 cm³/mol. The van der Waals surface area contributed by atoms with Gasteiger partial charge in [-0.25, -0.2) is 0 Å². The second-order valence-corrected chi connectivity index (χ2v) is 10.8. The van der Waals surface area contributed by atoms with E-state index >= 15 is 0 Å². The van der Waals surface area contributed by atoms with E-state index in [1.54, 1.807) is 85.2 Å². The summed E-state index contributed by atoms with van der Waals surface area (Å²) in [4.78, 5) is 42.3. The second kappa shape index (κ2) is 22.6. The molecule has 0 aliphatic heterocycles. The summed E-state index contributed by atoms with van der Waals surface area (Å²) in [5.41, 5.74) is 3.72. The minimum Gasteiger partial charge on any atom is -0.512 e. The molecule has 2 heterocycles. The number of carbonyl (C=O) groups excluding carboxylic acids is 3. The number of rotatable bonds is 6. The van der Waals surface area contributed by atoms with Crippen LogP contribution in [0.15, 0.2) is 175 Å². The Hall–Kier alpha value is -5.09. The smallest absolute Gasteiger partial charge is 0.189 e. The zero-order chi connectivity index (χ0) is 36.3. The zero-order valence-corrected chi connectivity index (χ0v) is 30.8. The number of aliphatic hydroxyl groups excluding tert-OH is 3. The van der Waals surface area contributed by atoms with E-state index in [1.807, 2.05) is 30.3 Å². The standard InChI is InChI=1S/C12H8N2.3C10H10O2.Eu/c1-3-9-5-6-10-4-2-8-14-12(10)11(9)13-7-1;3*1-8(11)7-10(12)9-5-3-2-4-6-9;/h1-8H;3*2-7,11H,1H3;/b;3*8-7+;. The summed E-state index contributed by atoms with van der Waals surface area (Å²) in [6.45, 7) is 4.42. The Balaban J connectivity index is 0.000000235. The molecule has 6 aromatic rings. The van der Waals surface area contributed by atoms with Crippen LogP contribution in [0.4, 0.5) is 0 Å². The van der Waals surface area contributed by atoms with E-state index in [0.29, 0.717) is 16.7 Å². The molecule has 2 aromatic heterocycles. The van der Waals surface area contributed by atoms with Gasteiger partial charge in [0.1, 0.15) is 0 Å². The van der Waals surface area contributed by atoms with Gasteiger partial charge in [-0.05, 0) is 32.9 Å². The van der Waals surface area contributed by atoms with Gasteiger partial charge in [-0.1, -0.05) is 115 Å². The van der Waals surface area contributed by atoms with Gasteiger partial charge in [0.05, 0.1) is 28.3 Å². The van der Waals surface area contributed by atoms with Crippen molar-refractivity contribution < 1.29 is 79.1 Å². The third-order valence-electron chi connectivity index (χ3n) is 6.54. The summed E-state index contributed by atoms with van der Waals surface area (Å²) in [6, 6.07) is 38.6. The maximum atomic E-state index is 11.2. The van der Waals surface area contributed by atoms with Crippen LogP contribution in [-0.2, 0) is 0 Å². The zero-order valence-electron chi connectivity index (χ0n) is 28.3. The van der Waals surface area contributed by atoms with Crippen LogP contribution in [-0.4, -0.2) is 42.6 Å². The van der Waals surface area contributed by atoms with Gasteiger partial charge >= 0.3 is 0 Å². The van der Waals surface area contributed by atoms with Crippen molar-refractivity contribution in [2.75, 3.05) is 0 Å². The molecule has 6 rings (SSSR count). The van der Waals surface area contributed by atoms with Gasteiger partial charge in [-0.15, -0.1) is 0 Å². The van der Waals surface area contributed by atoms with Crippen molar-refractivity contribution in [1.29, 1.82) is 0 Å². The van der Waals surface area contributed by atoms with Crippen molar-refractivity contribution in [3.8, 4) is 0 Å². The SMILES string of the molecule is C/C(O)=C\C(=O)c1ccccc1.C/C(O)=C\C(=O)c1ccccc1.C/C(O)=C\C(=O)c1ccccc1.[Eu].c1cnc2c(c1)ccc1cccnc12. The number of ketones is 3. The molecule has 0 atom stereocenters. The molecule has 0 spiro atoms. The summed E-state index contributed by atoms with van der Waals surface area (Å²) >= 11 is 0. The van der Waals surface area contributed by atoms with E-state index in [0.717, 1.165) is 21.8 Å². The monoisotopic (exact) mass is 819 g/mol. The number of aromatic nitrogens is 2. The van der Waals surface area contributed by atoms with E-state index in [1.165, 1.54) is 39.0 Å². The summed E-state index contributed by atoms with van der Waals surface area (Å²) in [5.74, 6) is -0.418. The number of aliphatic hydroxyl groups is 3. The van der Waals surface area contributed by atoms with Crippen LogP contribution >= 0.6 is 0 Å². The third-order valence-corrected chi connectivity index (χ3v) is 6.54. The number of allylic oxidation sites excluding steroid dienone is 6. The van der Waals surface area contributed by atoms with Crippen molar-refractivity contribution in [3.63, 3.8) is 0 Å². The molecular weight excluding hydrogens is 780 g/mol. The summed E-state index contributed by atoms with van der Waals surface area (Å²) in [7, 11) is 0. The Labute approximate surface area is 338 Å². The Kier molecular flexibility index (Phi) is 18.6. The van der Waals surface area contributed by atoms with E-state index in [-0.39, 0.29) is 84.0 Å². The Bertz CT molecular complexity index is 1890. The number of benzene rings is 4. The van der Waals surface area contributed by atoms with Crippen LogP contribution in [0.5, 0.6) is 0 Å². The van der Waals surface area contributed by atoms with Crippen LogP contribution in [0.1, 0.15) is 51.8 Å². The third kappa shape index (κ3) is 15.1. The first-order valence-electron chi connectivity index (χ1n) is 15.5. The van der Waals surface area contributed by atoms with Crippen molar-refractivity contribution in [2.45, 2.75) is 20.8 Å². The molecule has 0 fully saturated rings. The number of fused-ring (bicyclic) bond motifs is 3. The molecule has 0 saturated heterocycles. The van der Waals surface area contributed by atoms with Gasteiger partial charge in [0.2, 0.25) is 0 Å². The number of nitrogens with zero attached hydrogens (tertiary/aromatic N) is 2. The molecule has 0 aliphatic rings. The molecule has 1 radical (unpaired) electrons. The van der Waals surface area contributed by atoms with Gasteiger partial charge in [-0.2, -0.15) is 0 Å². The van der Waals surface area contributed by atoms with Crippen LogP contribution in [0, 0.1) is 49.4 Å². The molecule has 8 nitrogen and oxygen atoms in total. The van der Waals surface area contributed by atoms with E-state index < -0.39 is 0 Å². The topological polar surface area (TPSA) is 138 Å². The Morgan fingerprint density at radius 2 is 0.706 bits per heavy atom. The summed E-state index contributed by atoms with van der Waals surface area (Å²) in [5, 5.41) is 28.7. The molecule has 51 heavy (non-hydrogen) atoms. The molecule has 9 heteroatoms. The number of carbonyl (C=O) groups is 3. The van der Waals surface area contributed by atoms with Crippen molar-refractivity contribution in [1.82, 2.24) is 9.97 Å². The molecule has 259 valence electrons. The minimum absolute atomic E-state index is 0. The molecule has 3 N–H and O–H groups in total. The predicted octanol–water partition coefficient (Wildman–Crippen LogP) is 9.78. The molecule has 0 aliphatic carbocycles. The van der Waals surface area contributed by atoms with Crippen LogP contribution in [0.3, 0.4) is 0 Å². The molecule has 4 aromatic carbocycles. The molecule has 0 bridgehead atoms. The van der Waals surface area contributed by atoms with E-state index in [4.69, 9.17) is 15.3 Å². The van der Waals surface area contributed by atoms with Crippen molar-refractivity contribution in [2.24, 2.45) is 0 Å². The number of pyridine rings is 2. The van der Waals surface area contributed by atoms with Crippen molar-refractivity contribution in [3.05, 3.63) is 192 Å². The molecule has 0 amide bonds. The van der Waals surface area contributed by atoms with E-state index in [9.17, 15) is 14.4 Å². The first-order chi connectivity index (χ1) is 24.0. The Morgan fingerprint density at radius 3 is 0.961 bits per heavy atom. The fourth-order valence-electron chi connectivity index (χ4n) is 4.31. The van der Waals surface area contributed by atoms with E-state index in [2.05, 4.69) is 34.2 Å². The molecule has 0 saturated carbocycles. The van der Waals surface area contributed by atoms with Gasteiger partial charge in [0, 0.05) is 107 Å². The first kappa shape index (κ1) is 42.1. The Morgan fingerprint density at radius 1 is 0.431 bits per heavy atom. The van der Waals surface area contributed by atoms with Gasteiger partial charge < -0.3 is 15.3 Å². The average molecular weight is 819 g/mol. The van der Waals surface area contributed by atoms with Crippen LogP contribution in [0.2, 0.25) is 0 Å². The quantitative estimate of drug-likeness (QED) is 0.0654. The van der Waals surface area contributed by atoms with Gasteiger partial charge in [0.15, 0.2) is 17.3 Å². The molecule has 0 unspecified atom stereocenters. The second-order valence-electron chi connectivity index (χ2n) is 10.8. The van der Waals surface area contributed by atoms with Gasteiger partial charge in [-0.3, -0.25) is 24.4 Å². The van der Waals surface area contributed by atoms with Gasteiger partial charge in [0.25, 0.3) is 0 Å². The normalized spacial score (nSPS) is 10.9. The van der Waals surface area contributed by atoms with Crippen molar-refractivity contribution >= 4 is 39.2 Å². The summed E-state index contributed by atoms with van der Waals surface area (Å²) < 4.78 is 0. The number of hydrogen-bond acceptors (Lipinski definition) is 8. The molecular formula is C42H38EuN2O6. The van der Waals surface area contributed by atoms with Crippen LogP contribution in [0.25, 0.3) is 21.8 Å².